The van der Waals surface area contributed by atoms with Crippen LogP contribution in [0.4, 0.5) is 0 Å². The predicted molar refractivity (Wildman–Crippen MR) is 115 cm³/mol. The van der Waals surface area contributed by atoms with Gasteiger partial charge in [-0.2, -0.15) is 0 Å². The molecule has 0 saturated carbocycles. The maximum atomic E-state index is 12.8. The van der Waals surface area contributed by atoms with Gasteiger partial charge in [-0.25, -0.2) is 9.67 Å². The lowest BCUT2D eigenvalue weighted by molar-refractivity contribution is -0.125. The van der Waals surface area contributed by atoms with Crippen LogP contribution in [-0.2, 0) is 17.4 Å². The highest BCUT2D eigenvalue weighted by atomic mass is 35.5. The van der Waals surface area contributed by atoms with Gasteiger partial charge in [0.15, 0.2) is 12.3 Å². The molecule has 0 aliphatic rings. The summed E-state index contributed by atoms with van der Waals surface area (Å²) in [5.41, 5.74) is 3.25. The third-order valence-electron chi connectivity index (χ3n) is 5.41. The van der Waals surface area contributed by atoms with Crippen LogP contribution in [0.15, 0.2) is 30.3 Å². The molecule has 1 N–H and O–H groups in total. The zero-order chi connectivity index (χ0) is 21.2. The van der Waals surface area contributed by atoms with Crippen molar-refractivity contribution in [2.24, 2.45) is 7.05 Å². The smallest absolute Gasteiger partial charge is 0.258 e. The van der Waals surface area contributed by atoms with Gasteiger partial charge in [-0.05, 0) is 56.0 Å². The van der Waals surface area contributed by atoms with Gasteiger partial charge in [-0.3, -0.25) is 4.79 Å². The van der Waals surface area contributed by atoms with Gasteiger partial charge >= 0.3 is 0 Å². The van der Waals surface area contributed by atoms with Gasteiger partial charge in [0.05, 0.1) is 10.9 Å². The number of amides is 1. The first-order chi connectivity index (χ1) is 13.8. The Labute approximate surface area is 176 Å². The Hall–Kier alpha value is -2.60. The van der Waals surface area contributed by atoms with Crippen LogP contribution in [0.2, 0.25) is 5.02 Å². The Bertz CT molecular complexity index is 1020. The van der Waals surface area contributed by atoms with E-state index >= 15 is 0 Å². The van der Waals surface area contributed by atoms with Crippen molar-refractivity contribution in [1.82, 2.24) is 20.1 Å². The van der Waals surface area contributed by atoms with E-state index < -0.39 is 5.54 Å². The molecular formula is C22H27ClN4O2. The van der Waals surface area contributed by atoms with E-state index in [9.17, 15) is 4.79 Å². The van der Waals surface area contributed by atoms with E-state index in [-0.39, 0.29) is 12.5 Å². The second kappa shape index (κ2) is 8.41. The minimum absolute atomic E-state index is 0.116. The number of carbonyl (C=O) groups is 1. The average molecular weight is 415 g/mol. The van der Waals surface area contributed by atoms with Crippen LogP contribution in [-0.4, -0.2) is 27.3 Å². The normalized spacial score (nSPS) is 11.7. The Morgan fingerprint density at radius 3 is 2.48 bits per heavy atom. The van der Waals surface area contributed by atoms with Gasteiger partial charge < -0.3 is 10.1 Å². The fourth-order valence-corrected chi connectivity index (χ4v) is 3.89. The fraction of sp³-hybridized carbons (Fsp3) is 0.409. The van der Waals surface area contributed by atoms with Gasteiger partial charge in [0, 0.05) is 17.8 Å². The van der Waals surface area contributed by atoms with Gasteiger partial charge in [-0.1, -0.05) is 37.6 Å². The second-order valence-corrected chi connectivity index (χ2v) is 7.78. The lowest BCUT2D eigenvalue weighted by Crippen LogP contribution is -2.46. The summed E-state index contributed by atoms with van der Waals surface area (Å²) in [7, 11) is 1.82. The van der Waals surface area contributed by atoms with Crippen LogP contribution in [0.25, 0.3) is 11.0 Å². The number of carbonyl (C=O) groups excluding carboxylic acids is 1. The van der Waals surface area contributed by atoms with Gasteiger partial charge in [0.25, 0.3) is 5.91 Å². The highest BCUT2D eigenvalue weighted by Gasteiger charge is 2.30. The first-order valence-corrected chi connectivity index (χ1v) is 10.2. The number of nitrogens with one attached hydrogen (secondary N) is 1. The van der Waals surface area contributed by atoms with E-state index in [1.807, 2.05) is 51.2 Å². The van der Waals surface area contributed by atoms with Crippen LogP contribution in [0.3, 0.4) is 0 Å². The van der Waals surface area contributed by atoms with Crippen molar-refractivity contribution in [2.75, 3.05) is 6.61 Å². The largest absolute Gasteiger partial charge is 0.466 e. The number of hydrogen-bond acceptors (Lipinski definition) is 4. The molecule has 0 saturated heterocycles. The average Bonchev–Trinajstić information content (AvgIpc) is 3.01. The Morgan fingerprint density at radius 1 is 1.21 bits per heavy atom. The zero-order valence-electron chi connectivity index (χ0n) is 17.5. The zero-order valence-corrected chi connectivity index (χ0v) is 18.3. The minimum atomic E-state index is -0.466. The van der Waals surface area contributed by atoms with E-state index in [4.69, 9.17) is 16.3 Å². The van der Waals surface area contributed by atoms with Crippen molar-refractivity contribution < 1.29 is 9.53 Å². The van der Waals surface area contributed by atoms with Crippen molar-refractivity contribution in [3.05, 3.63) is 52.2 Å². The quantitative estimate of drug-likeness (QED) is 0.620. The Kier molecular flexibility index (Phi) is 6.13. The number of aryl methyl sites for hydroxylation is 3. The van der Waals surface area contributed by atoms with Gasteiger partial charge in [0.1, 0.15) is 0 Å². The third-order valence-corrected chi connectivity index (χ3v) is 5.66. The second-order valence-electron chi connectivity index (χ2n) is 7.34. The minimum Gasteiger partial charge on any atom is -0.466 e. The molecule has 3 rings (SSSR count). The van der Waals surface area contributed by atoms with E-state index in [1.165, 1.54) is 0 Å². The van der Waals surface area contributed by atoms with E-state index in [0.717, 1.165) is 40.7 Å². The molecule has 6 nitrogen and oxygen atoms in total. The first kappa shape index (κ1) is 21.1. The summed E-state index contributed by atoms with van der Waals surface area (Å²) < 4.78 is 7.49. The van der Waals surface area contributed by atoms with Crippen molar-refractivity contribution >= 4 is 28.5 Å². The molecule has 0 unspecified atom stereocenters. The highest BCUT2D eigenvalue weighted by molar-refractivity contribution is 6.30. The molecule has 0 radical (unpaired) electrons. The summed E-state index contributed by atoms with van der Waals surface area (Å²) in [5, 5.41) is 9.07. The van der Waals surface area contributed by atoms with Crippen molar-refractivity contribution in [2.45, 2.75) is 46.1 Å². The molecule has 0 aliphatic carbocycles. The fourth-order valence-electron chi connectivity index (χ4n) is 3.76. The van der Waals surface area contributed by atoms with Crippen LogP contribution >= 0.6 is 11.6 Å². The summed E-state index contributed by atoms with van der Waals surface area (Å²) >= 11 is 6.02. The molecule has 0 bridgehead atoms. The van der Waals surface area contributed by atoms with Crippen LogP contribution in [0, 0.1) is 13.8 Å². The lowest BCUT2D eigenvalue weighted by Gasteiger charge is -2.33. The van der Waals surface area contributed by atoms with E-state index in [1.54, 1.807) is 4.68 Å². The SMILES string of the molecule is CCC(CC)(NC(=O)COc1nn(C)c2nc(C)cc(C)c12)c1ccc(Cl)cc1. The van der Waals surface area contributed by atoms with Crippen LogP contribution in [0.1, 0.15) is 43.5 Å². The maximum Gasteiger partial charge on any atom is 0.258 e. The number of nitrogens with zero attached hydrogens (tertiary/aromatic N) is 3. The molecule has 154 valence electrons. The summed E-state index contributed by atoms with van der Waals surface area (Å²) in [4.78, 5) is 17.3. The molecule has 7 heteroatoms. The van der Waals surface area contributed by atoms with E-state index in [0.29, 0.717) is 10.9 Å². The molecular weight excluding hydrogens is 388 g/mol. The third kappa shape index (κ3) is 4.22. The number of ether oxygens (including phenoxy) is 1. The predicted octanol–water partition coefficient (Wildman–Crippen LogP) is 4.45. The molecule has 0 fully saturated rings. The number of fused-ring (bicyclic) bond motifs is 1. The topological polar surface area (TPSA) is 69.0 Å². The monoisotopic (exact) mass is 414 g/mol. The number of pyridine rings is 1. The number of rotatable bonds is 7. The molecule has 2 heterocycles. The lowest BCUT2D eigenvalue weighted by atomic mass is 9.84. The standard InChI is InChI=1S/C22H27ClN4O2/c1-6-22(7-2,16-8-10-17(23)11-9-16)25-18(28)13-29-21-19-14(3)12-15(4)24-20(19)27(5)26-21/h8-12H,6-7,13H2,1-5H3,(H,25,28). The molecule has 1 amide bonds. The molecule has 2 aromatic heterocycles. The Balaban J connectivity index is 1.78. The van der Waals surface area contributed by atoms with Gasteiger partial charge in [-0.15, -0.1) is 5.10 Å². The molecule has 1 aromatic carbocycles. The molecule has 0 spiro atoms. The molecule has 29 heavy (non-hydrogen) atoms. The number of halogens is 1. The molecule has 3 aromatic rings. The van der Waals surface area contributed by atoms with Crippen molar-refractivity contribution in [3.8, 4) is 5.88 Å². The van der Waals surface area contributed by atoms with Crippen LogP contribution in [0.5, 0.6) is 5.88 Å². The number of benzene rings is 1. The maximum absolute atomic E-state index is 12.8. The van der Waals surface area contributed by atoms with Crippen molar-refractivity contribution in [3.63, 3.8) is 0 Å². The number of aromatic nitrogens is 3. The summed E-state index contributed by atoms with van der Waals surface area (Å²) in [6.45, 7) is 7.94. The number of hydrogen-bond donors (Lipinski definition) is 1. The first-order valence-electron chi connectivity index (χ1n) is 9.80. The van der Waals surface area contributed by atoms with Crippen molar-refractivity contribution in [1.29, 1.82) is 0 Å². The highest BCUT2D eigenvalue weighted by Crippen LogP contribution is 2.30. The van der Waals surface area contributed by atoms with Crippen LogP contribution < -0.4 is 10.1 Å². The summed E-state index contributed by atoms with van der Waals surface area (Å²) in [5.74, 6) is 0.230. The Morgan fingerprint density at radius 2 is 1.86 bits per heavy atom. The molecule has 0 atom stereocenters. The summed E-state index contributed by atoms with van der Waals surface area (Å²) in [6, 6.07) is 9.59. The van der Waals surface area contributed by atoms with E-state index in [2.05, 4.69) is 29.2 Å². The molecule has 0 aliphatic heterocycles. The van der Waals surface area contributed by atoms with Gasteiger partial charge in [0.2, 0.25) is 5.88 Å². The summed E-state index contributed by atoms with van der Waals surface area (Å²) in [6.07, 6.45) is 1.51.